The molecule has 0 unspecified atom stereocenters. The second-order valence-corrected chi connectivity index (χ2v) is 6.52. The summed E-state index contributed by atoms with van der Waals surface area (Å²) >= 11 is 0. The molecule has 1 aromatic heterocycles. The average Bonchev–Trinajstić information content (AvgIpc) is 3.11. The van der Waals surface area contributed by atoms with E-state index in [-0.39, 0.29) is 5.75 Å². The summed E-state index contributed by atoms with van der Waals surface area (Å²) in [4.78, 5) is 8.29. The third-order valence-corrected chi connectivity index (χ3v) is 4.51. The zero-order chi connectivity index (χ0) is 18.1. The van der Waals surface area contributed by atoms with Crippen LogP contribution in [-0.4, -0.2) is 15.1 Å². The number of phenols is 1. The molecular formula is C23H20N2O. The minimum absolute atomic E-state index is 0.267. The Morgan fingerprint density at radius 2 is 1.42 bits per heavy atom. The van der Waals surface area contributed by atoms with Crippen molar-refractivity contribution in [1.82, 2.24) is 9.97 Å². The number of nitrogens with one attached hydrogen (secondary N) is 1. The van der Waals surface area contributed by atoms with Crippen molar-refractivity contribution in [1.29, 1.82) is 0 Å². The number of rotatable bonds is 3. The van der Waals surface area contributed by atoms with E-state index in [1.807, 2.05) is 74.5 Å². The van der Waals surface area contributed by atoms with E-state index in [1.165, 1.54) is 0 Å². The van der Waals surface area contributed by atoms with Gasteiger partial charge in [0.15, 0.2) is 0 Å². The summed E-state index contributed by atoms with van der Waals surface area (Å²) in [6, 6.07) is 24.2. The molecule has 4 rings (SSSR count). The summed E-state index contributed by atoms with van der Waals surface area (Å²) in [6.45, 7) is 3.93. The van der Waals surface area contributed by atoms with Gasteiger partial charge in [-0.25, -0.2) is 4.98 Å². The van der Waals surface area contributed by atoms with E-state index in [1.54, 1.807) is 0 Å². The molecule has 3 nitrogen and oxygen atoms in total. The Morgan fingerprint density at radius 3 is 2.08 bits per heavy atom. The molecule has 1 heterocycles. The van der Waals surface area contributed by atoms with Gasteiger partial charge in [-0.05, 0) is 31.0 Å². The molecule has 0 amide bonds. The fourth-order valence-corrected chi connectivity index (χ4v) is 3.26. The first-order chi connectivity index (χ1) is 12.6. The average molecular weight is 340 g/mol. The molecule has 4 aromatic rings. The molecule has 0 aliphatic carbocycles. The summed E-state index contributed by atoms with van der Waals surface area (Å²) in [7, 11) is 0. The quantitative estimate of drug-likeness (QED) is 0.500. The molecule has 0 aliphatic heterocycles. The van der Waals surface area contributed by atoms with Gasteiger partial charge in [0.25, 0.3) is 0 Å². The normalized spacial score (nSPS) is 10.8. The number of imidazole rings is 1. The SMILES string of the molecule is Cc1cc(C)c(O)c(-c2nc(-c3ccccc3)c(-c3ccccc3)[nH]2)c1. The number of H-pyrrole nitrogens is 1. The van der Waals surface area contributed by atoms with Crippen molar-refractivity contribution >= 4 is 0 Å². The van der Waals surface area contributed by atoms with E-state index in [4.69, 9.17) is 4.98 Å². The van der Waals surface area contributed by atoms with Crippen molar-refractivity contribution in [2.24, 2.45) is 0 Å². The Hall–Kier alpha value is -3.33. The first-order valence-corrected chi connectivity index (χ1v) is 8.65. The lowest BCUT2D eigenvalue weighted by atomic mass is 10.1. The highest BCUT2D eigenvalue weighted by molar-refractivity contribution is 5.82. The van der Waals surface area contributed by atoms with E-state index in [0.717, 1.165) is 39.2 Å². The van der Waals surface area contributed by atoms with Gasteiger partial charge in [-0.2, -0.15) is 0 Å². The van der Waals surface area contributed by atoms with Crippen LogP contribution in [0.1, 0.15) is 11.1 Å². The number of aromatic hydroxyl groups is 1. The van der Waals surface area contributed by atoms with Gasteiger partial charge in [-0.1, -0.05) is 66.7 Å². The Labute approximate surface area is 153 Å². The van der Waals surface area contributed by atoms with Gasteiger partial charge in [0, 0.05) is 11.1 Å². The van der Waals surface area contributed by atoms with Crippen LogP contribution in [-0.2, 0) is 0 Å². The van der Waals surface area contributed by atoms with Gasteiger partial charge in [-0.15, -0.1) is 0 Å². The molecule has 0 bridgehead atoms. The predicted octanol–water partition coefficient (Wildman–Crippen LogP) is 5.73. The standard InChI is InChI=1S/C23H20N2O/c1-15-13-16(2)22(26)19(14-15)23-24-20(17-9-5-3-6-10-17)21(25-23)18-11-7-4-8-12-18/h3-14,26H,1-2H3,(H,24,25). The summed E-state index contributed by atoms with van der Waals surface area (Å²) in [5.74, 6) is 0.940. The molecule has 0 fully saturated rings. The maximum absolute atomic E-state index is 10.6. The molecule has 0 radical (unpaired) electrons. The number of aryl methyl sites for hydroxylation is 2. The van der Waals surface area contributed by atoms with Gasteiger partial charge in [0.2, 0.25) is 0 Å². The molecule has 0 aliphatic rings. The molecule has 0 saturated heterocycles. The van der Waals surface area contributed by atoms with Crippen molar-refractivity contribution in [2.45, 2.75) is 13.8 Å². The van der Waals surface area contributed by atoms with Crippen molar-refractivity contribution in [3.05, 3.63) is 83.9 Å². The third kappa shape index (κ3) is 2.88. The molecule has 128 valence electrons. The van der Waals surface area contributed by atoms with Crippen LogP contribution < -0.4 is 0 Å². The van der Waals surface area contributed by atoms with E-state index >= 15 is 0 Å². The number of nitrogens with zero attached hydrogens (tertiary/aromatic N) is 1. The van der Waals surface area contributed by atoms with Gasteiger partial charge in [-0.3, -0.25) is 0 Å². The van der Waals surface area contributed by atoms with Gasteiger partial charge >= 0.3 is 0 Å². The van der Waals surface area contributed by atoms with Crippen molar-refractivity contribution in [3.8, 4) is 39.7 Å². The molecule has 3 heteroatoms. The lowest BCUT2D eigenvalue weighted by Gasteiger charge is -2.06. The minimum atomic E-state index is 0.267. The monoisotopic (exact) mass is 340 g/mol. The van der Waals surface area contributed by atoms with Crippen LogP contribution in [0.4, 0.5) is 0 Å². The highest BCUT2D eigenvalue weighted by Crippen LogP contribution is 2.37. The number of benzene rings is 3. The van der Waals surface area contributed by atoms with Crippen molar-refractivity contribution < 1.29 is 5.11 Å². The number of hydrogen-bond donors (Lipinski definition) is 2. The zero-order valence-electron chi connectivity index (χ0n) is 14.8. The summed E-state index contributed by atoms with van der Waals surface area (Å²) in [5.41, 5.74) is 6.59. The summed E-state index contributed by atoms with van der Waals surface area (Å²) in [5, 5.41) is 10.6. The molecule has 3 aromatic carbocycles. The number of phenolic OH excluding ortho intramolecular Hbond substituents is 1. The van der Waals surface area contributed by atoms with E-state index in [2.05, 4.69) is 17.1 Å². The van der Waals surface area contributed by atoms with Gasteiger partial charge in [0.05, 0.1) is 17.0 Å². The highest BCUT2D eigenvalue weighted by atomic mass is 16.3. The Morgan fingerprint density at radius 1 is 0.808 bits per heavy atom. The molecule has 0 spiro atoms. The van der Waals surface area contributed by atoms with E-state index in [0.29, 0.717) is 5.82 Å². The Bertz CT molecular complexity index is 994. The molecule has 0 atom stereocenters. The van der Waals surface area contributed by atoms with Crippen LogP contribution in [0.2, 0.25) is 0 Å². The predicted molar refractivity (Wildman–Crippen MR) is 106 cm³/mol. The second-order valence-electron chi connectivity index (χ2n) is 6.52. The first-order valence-electron chi connectivity index (χ1n) is 8.65. The van der Waals surface area contributed by atoms with Crippen LogP contribution in [0, 0.1) is 13.8 Å². The van der Waals surface area contributed by atoms with Gasteiger partial charge < -0.3 is 10.1 Å². The highest BCUT2D eigenvalue weighted by Gasteiger charge is 2.17. The Balaban J connectivity index is 1.96. The van der Waals surface area contributed by atoms with Crippen molar-refractivity contribution in [3.63, 3.8) is 0 Å². The summed E-state index contributed by atoms with van der Waals surface area (Å²) in [6.07, 6.45) is 0. The topological polar surface area (TPSA) is 48.9 Å². The maximum atomic E-state index is 10.6. The lowest BCUT2D eigenvalue weighted by Crippen LogP contribution is -1.87. The summed E-state index contributed by atoms with van der Waals surface area (Å²) < 4.78 is 0. The first kappa shape index (κ1) is 16.2. The second kappa shape index (κ2) is 6.52. The number of hydrogen-bond acceptors (Lipinski definition) is 2. The van der Waals surface area contributed by atoms with Crippen LogP contribution >= 0.6 is 0 Å². The van der Waals surface area contributed by atoms with Crippen LogP contribution in [0.3, 0.4) is 0 Å². The molecular weight excluding hydrogens is 320 g/mol. The maximum Gasteiger partial charge on any atom is 0.142 e. The fourth-order valence-electron chi connectivity index (χ4n) is 3.26. The van der Waals surface area contributed by atoms with Crippen molar-refractivity contribution in [2.75, 3.05) is 0 Å². The zero-order valence-corrected chi connectivity index (χ0v) is 14.8. The molecule has 0 saturated carbocycles. The van der Waals surface area contributed by atoms with Crippen LogP contribution in [0.25, 0.3) is 33.9 Å². The third-order valence-electron chi connectivity index (χ3n) is 4.51. The lowest BCUT2D eigenvalue weighted by molar-refractivity contribution is 0.472. The van der Waals surface area contributed by atoms with Gasteiger partial charge in [0.1, 0.15) is 11.6 Å². The molecule has 2 N–H and O–H groups in total. The van der Waals surface area contributed by atoms with E-state index in [9.17, 15) is 5.11 Å². The van der Waals surface area contributed by atoms with Crippen LogP contribution in [0.5, 0.6) is 5.75 Å². The Kier molecular flexibility index (Phi) is 4.05. The number of aromatic amines is 1. The van der Waals surface area contributed by atoms with E-state index < -0.39 is 0 Å². The minimum Gasteiger partial charge on any atom is -0.507 e. The largest absolute Gasteiger partial charge is 0.507 e. The molecule has 26 heavy (non-hydrogen) atoms. The van der Waals surface area contributed by atoms with Crippen LogP contribution in [0.15, 0.2) is 72.8 Å². The fraction of sp³-hybridized carbons (Fsp3) is 0.0870. The number of aromatic nitrogens is 2. The smallest absolute Gasteiger partial charge is 0.142 e.